The molecule has 1 saturated heterocycles. The van der Waals surface area contributed by atoms with Crippen molar-refractivity contribution in [2.45, 2.75) is 29.2 Å². The van der Waals surface area contributed by atoms with Crippen LogP contribution in [0.4, 0.5) is 13.2 Å². The number of carbonyl (C=O) groups excluding carboxylic acids is 1. The third-order valence-corrected chi connectivity index (χ3v) is 6.36. The second-order valence-corrected chi connectivity index (χ2v) is 8.71. The number of carbonyl (C=O) groups is 1. The smallest absolute Gasteiger partial charge is 0.471 e. The van der Waals surface area contributed by atoms with Gasteiger partial charge in [-0.25, -0.2) is 0 Å². The maximum Gasteiger partial charge on any atom is 0.471 e. The number of benzene rings is 2. The second kappa shape index (κ2) is 9.23. The number of alkyl halides is 3. The molecule has 2 heterocycles. The molecule has 0 bridgehead atoms. The van der Waals surface area contributed by atoms with Crippen LogP contribution in [0.3, 0.4) is 0 Å². The van der Waals surface area contributed by atoms with Crippen molar-refractivity contribution in [3.8, 4) is 17.1 Å². The number of rotatable bonds is 6. The lowest BCUT2D eigenvalue weighted by Gasteiger charge is -2.16. The summed E-state index contributed by atoms with van der Waals surface area (Å²) in [6, 6.07) is 14.4. The highest BCUT2D eigenvalue weighted by Crippen LogP contribution is 2.32. The van der Waals surface area contributed by atoms with Gasteiger partial charge in [0.2, 0.25) is 11.7 Å². The molecule has 0 saturated carbocycles. The number of hydrogen-bond donors (Lipinski definition) is 0. The highest BCUT2D eigenvalue weighted by molar-refractivity contribution is 8.00. The number of hydrogen-bond acceptors (Lipinski definition) is 6. The molecule has 0 aliphatic carbocycles. The van der Waals surface area contributed by atoms with E-state index in [-0.39, 0.29) is 17.0 Å². The minimum Gasteiger partial charge on any atom is -0.497 e. The Morgan fingerprint density at radius 2 is 1.91 bits per heavy atom. The van der Waals surface area contributed by atoms with Gasteiger partial charge >= 0.3 is 12.1 Å². The number of halogens is 3. The average molecular weight is 463 g/mol. The zero-order valence-electron chi connectivity index (χ0n) is 17.1. The van der Waals surface area contributed by atoms with Gasteiger partial charge in [-0.3, -0.25) is 4.79 Å². The van der Waals surface area contributed by atoms with Crippen molar-refractivity contribution >= 4 is 17.7 Å². The van der Waals surface area contributed by atoms with Crippen LogP contribution in [0, 0.1) is 0 Å². The highest BCUT2D eigenvalue weighted by Gasteiger charge is 2.38. The molecule has 4 rings (SSSR count). The Kier molecular flexibility index (Phi) is 6.40. The summed E-state index contributed by atoms with van der Waals surface area (Å²) in [6.45, 7) is 1.36. The van der Waals surface area contributed by atoms with Crippen LogP contribution < -0.4 is 4.74 Å². The molecule has 0 N–H and O–H groups in total. The first-order valence-corrected chi connectivity index (χ1v) is 10.8. The van der Waals surface area contributed by atoms with Crippen LogP contribution in [0.5, 0.6) is 5.75 Å². The van der Waals surface area contributed by atoms with Crippen molar-refractivity contribution < 1.29 is 27.2 Å². The van der Waals surface area contributed by atoms with Gasteiger partial charge in [-0.05, 0) is 48.4 Å². The van der Waals surface area contributed by atoms with E-state index in [0.29, 0.717) is 25.1 Å². The molecule has 3 aromatic rings. The molecule has 1 atom stereocenters. The van der Waals surface area contributed by atoms with E-state index < -0.39 is 12.1 Å². The molecule has 32 heavy (non-hydrogen) atoms. The first-order chi connectivity index (χ1) is 15.3. The van der Waals surface area contributed by atoms with E-state index >= 15 is 0 Å². The van der Waals surface area contributed by atoms with E-state index in [1.807, 2.05) is 41.3 Å². The topological polar surface area (TPSA) is 68.5 Å². The quantitative estimate of drug-likeness (QED) is 0.528. The molecule has 1 aromatic heterocycles. The number of nitrogens with zero attached hydrogens (tertiary/aromatic N) is 3. The minimum absolute atomic E-state index is 0.0891. The molecule has 0 radical (unpaired) electrons. The Hall–Kier alpha value is -3.01. The van der Waals surface area contributed by atoms with Crippen LogP contribution in [0.15, 0.2) is 57.9 Å². The van der Waals surface area contributed by atoms with Gasteiger partial charge in [-0.2, -0.15) is 18.2 Å². The molecule has 1 amide bonds. The Bertz CT molecular complexity index is 1070. The molecule has 0 spiro atoms. The molecule has 1 aliphatic heterocycles. The lowest BCUT2D eigenvalue weighted by Crippen LogP contribution is -2.30. The van der Waals surface area contributed by atoms with Crippen LogP contribution in [-0.2, 0) is 17.4 Å². The van der Waals surface area contributed by atoms with Crippen molar-refractivity contribution in [2.75, 3.05) is 20.2 Å². The fraction of sp³-hybridized carbons (Fsp3) is 0.318. The average Bonchev–Trinajstić information content (AvgIpc) is 3.45. The van der Waals surface area contributed by atoms with E-state index in [4.69, 9.17) is 4.74 Å². The highest BCUT2D eigenvalue weighted by atomic mass is 32.2. The van der Waals surface area contributed by atoms with Gasteiger partial charge in [0.25, 0.3) is 0 Å². The number of likely N-dealkylation sites (tertiary alicyclic amines) is 1. The lowest BCUT2D eigenvalue weighted by atomic mass is 10.1. The third kappa shape index (κ3) is 5.24. The molecular formula is C22H20F3N3O3S. The summed E-state index contributed by atoms with van der Waals surface area (Å²) in [7, 11) is 1.60. The summed E-state index contributed by atoms with van der Waals surface area (Å²) in [6.07, 6.45) is -3.44. The van der Waals surface area contributed by atoms with E-state index in [1.165, 1.54) is 0 Å². The van der Waals surface area contributed by atoms with E-state index in [0.717, 1.165) is 22.6 Å². The first kappa shape index (κ1) is 22.2. The summed E-state index contributed by atoms with van der Waals surface area (Å²) >= 11 is 1.64. The number of thioether (sulfide) groups is 1. The standard InChI is InChI=1S/C22H20F3N3O3S/c1-30-16-6-2-14(3-7-16)12-19(29)28-11-10-18(13-28)32-17-8-4-15(5-9-17)20-26-21(31-27-20)22(23,24)25/h2-9,18H,10-13H2,1H3. The van der Waals surface area contributed by atoms with Gasteiger partial charge in [-0.1, -0.05) is 17.3 Å². The number of amides is 1. The first-order valence-electron chi connectivity index (χ1n) is 9.90. The second-order valence-electron chi connectivity index (χ2n) is 7.34. The van der Waals surface area contributed by atoms with E-state index in [9.17, 15) is 18.0 Å². The van der Waals surface area contributed by atoms with Gasteiger partial charge in [-0.15, -0.1) is 11.8 Å². The molecule has 1 unspecified atom stereocenters. The van der Waals surface area contributed by atoms with Crippen molar-refractivity contribution in [3.05, 3.63) is 60.0 Å². The van der Waals surface area contributed by atoms with E-state index in [2.05, 4.69) is 14.7 Å². The van der Waals surface area contributed by atoms with Crippen LogP contribution in [-0.4, -0.2) is 46.4 Å². The van der Waals surface area contributed by atoms with Crippen LogP contribution in [0.2, 0.25) is 0 Å². The Morgan fingerprint density at radius 3 is 2.53 bits per heavy atom. The Balaban J connectivity index is 1.31. The van der Waals surface area contributed by atoms with Gasteiger partial charge in [0.15, 0.2) is 0 Å². The largest absolute Gasteiger partial charge is 0.497 e. The summed E-state index contributed by atoms with van der Waals surface area (Å²) in [5.41, 5.74) is 1.38. The summed E-state index contributed by atoms with van der Waals surface area (Å²) < 4.78 is 47.3. The fourth-order valence-corrected chi connectivity index (χ4v) is 4.57. The molecule has 10 heteroatoms. The maximum absolute atomic E-state index is 12.6. The third-order valence-electron chi connectivity index (χ3n) is 5.10. The van der Waals surface area contributed by atoms with Crippen molar-refractivity contribution in [3.63, 3.8) is 0 Å². The number of methoxy groups -OCH3 is 1. The zero-order chi connectivity index (χ0) is 22.7. The minimum atomic E-state index is -4.67. The predicted molar refractivity (Wildman–Crippen MR) is 112 cm³/mol. The van der Waals surface area contributed by atoms with Gasteiger partial charge in [0.1, 0.15) is 5.75 Å². The molecular weight excluding hydrogens is 443 g/mol. The molecule has 2 aromatic carbocycles. The van der Waals surface area contributed by atoms with Gasteiger partial charge in [0.05, 0.1) is 13.5 Å². The molecule has 6 nitrogen and oxygen atoms in total. The zero-order valence-corrected chi connectivity index (χ0v) is 17.9. The normalized spacial score (nSPS) is 16.4. The van der Waals surface area contributed by atoms with Crippen molar-refractivity contribution in [1.82, 2.24) is 15.0 Å². The monoisotopic (exact) mass is 463 g/mol. The van der Waals surface area contributed by atoms with Crippen molar-refractivity contribution in [2.24, 2.45) is 0 Å². The number of ether oxygens (including phenoxy) is 1. The molecule has 1 fully saturated rings. The van der Waals surface area contributed by atoms with E-state index in [1.54, 1.807) is 31.0 Å². The summed E-state index contributed by atoms with van der Waals surface area (Å²) in [5, 5.41) is 3.65. The lowest BCUT2D eigenvalue weighted by molar-refractivity contribution is -0.159. The van der Waals surface area contributed by atoms with Crippen LogP contribution in [0.1, 0.15) is 17.9 Å². The Morgan fingerprint density at radius 1 is 1.19 bits per heavy atom. The Labute approximate surface area is 186 Å². The van der Waals surface area contributed by atoms with Crippen molar-refractivity contribution in [1.29, 1.82) is 0 Å². The van der Waals surface area contributed by atoms with Gasteiger partial charge in [0, 0.05) is 28.8 Å². The maximum atomic E-state index is 12.6. The van der Waals surface area contributed by atoms with Gasteiger partial charge < -0.3 is 14.2 Å². The number of aromatic nitrogens is 2. The van der Waals surface area contributed by atoms with Crippen LogP contribution >= 0.6 is 11.8 Å². The summed E-state index contributed by atoms with van der Waals surface area (Å²) in [5.74, 6) is -0.627. The fourth-order valence-electron chi connectivity index (χ4n) is 3.41. The predicted octanol–water partition coefficient (Wildman–Crippen LogP) is 4.70. The summed E-state index contributed by atoms with van der Waals surface area (Å²) in [4.78, 5) is 18.9. The van der Waals surface area contributed by atoms with Crippen LogP contribution in [0.25, 0.3) is 11.4 Å². The molecule has 1 aliphatic rings. The molecule has 168 valence electrons. The SMILES string of the molecule is COc1ccc(CC(=O)N2CCC(Sc3ccc(-c4noc(C(F)(F)F)n4)cc3)C2)cc1.